The molecule has 0 radical (unpaired) electrons. The number of piperazine rings is 1. The lowest BCUT2D eigenvalue weighted by molar-refractivity contribution is 0.246. The molecule has 0 amide bonds. The van der Waals surface area contributed by atoms with Crippen LogP contribution in [0, 0.1) is 5.92 Å². The Kier molecular flexibility index (Phi) is 4.99. The molecule has 1 N–H and O–H groups in total. The van der Waals surface area contributed by atoms with E-state index in [4.69, 9.17) is 11.6 Å². The van der Waals surface area contributed by atoms with Gasteiger partial charge in [0.15, 0.2) is 0 Å². The SMILES string of the molecule is Clc1ccc(CN2CCN(c3cc(NCC4CC4)ncn3)CC2)nc1. The topological polar surface area (TPSA) is 57.2 Å². The summed E-state index contributed by atoms with van der Waals surface area (Å²) in [6, 6.07) is 5.97. The van der Waals surface area contributed by atoms with Gasteiger partial charge in [-0.3, -0.25) is 9.88 Å². The normalized spacial score (nSPS) is 18.4. The molecule has 1 saturated carbocycles. The molecular formula is C18H23ClN6. The molecule has 0 atom stereocenters. The molecule has 0 unspecified atom stereocenters. The van der Waals surface area contributed by atoms with Gasteiger partial charge in [-0.1, -0.05) is 11.6 Å². The van der Waals surface area contributed by atoms with E-state index in [1.165, 1.54) is 12.8 Å². The first-order valence-electron chi connectivity index (χ1n) is 8.90. The van der Waals surface area contributed by atoms with Gasteiger partial charge in [-0.2, -0.15) is 0 Å². The number of pyridine rings is 1. The van der Waals surface area contributed by atoms with E-state index in [2.05, 4.69) is 36.1 Å². The average Bonchev–Trinajstić information content (AvgIpc) is 3.47. The van der Waals surface area contributed by atoms with E-state index < -0.39 is 0 Å². The number of hydrogen-bond acceptors (Lipinski definition) is 6. The maximum absolute atomic E-state index is 5.90. The molecular weight excluding hydrogens is 336 g/mol. The van der Waals surface area contributed by atoms with Crippen LogP contribution in [0.25, 0.3) is 0 Å². The summed E-state index contributed by atoms with van der Waals surface area (Å²) in [4.78, 5) is 17.9. The van der Waals surface area contributed by atoms with Gasteiger partial charge >= 0.3 is 0 Å². The Balaban J connectivity index is 1.30. The molecule has 25 heavy (non-hydrogen) atoms. The van der Waals surface area contributed by atoms with Crippen molar-refractivity contribution in [3.05, 3.63) is 41.4 Å². The highest BCUT2D eigenvalue weighted by molar-refractivity contribution is 6.30. The molecule has 0 aromatic carbocycles. The second kappa shape index (κ2) is 7.54. The van der Waals surface area contributed by atoms with E-state index in [1.54, 1.807) is 12.5 Å². The summed E-state index contributed by atoms with van der Waals surface area (Å²) in [6.45, 7) is 5.82. The minimum atomic E-state index is 0.684. The first kappa shape index (κ1) is 16.5. The van der Waals surface area contributed by atoms with Crippen molar-refractivity contribution < 1.29 is 0 Å². The maximum atomic E-state index is 5.90. The summed E-state index contributed by atoms with van der Waals surface area (Å²) >= 11 is 5.90. The second-order valence-corrected chi connectivity index (χ2v) is 7.25. The zero-order valence-corrected chi connectivity index (χ0v) is 15.0. The molecule has 4 rings (SSSR count). The van der Waals surface area contributed by atoms with Crippen molar-refractivity contribution in [2.24, 2.45) is 5.92 Å². The van der Waals surface area contributed by atoms with Crippen LogP contribution < -0.4 is 10.2 Å². The van der Waals surface area contributed by atoms with E-state index in [0.717, 1.165) is 62.5 Å². The molecule has 2 aliphatic rings. The number of aromatic nitrogens is 3. The van der Waals surface area contributed by atoms with Crippen molar-refractivity contribution >= 4 is 23.2 Å². The Labute approximate surface area is 153 Å². The number of hydrogen-bond donors (Lipinski definition) is 1. The van der Waals surface area contributed by atoms with Crippen LogP contribution in [-0.2, 0) is 6.54 Å². The van der Waals surface area contributed by atoms with Crippen molar-refractivity contribution in [2.45, 2.75) is 19.4 Å². The lowest BCUT2D eigenvalue weighted by Gasteiger charge is -2.35. The number of anilines is 2. The molecule has 6 nitrogen and oxygen atoms in total. The average molecular weight is 359 g/mol. The van der Waals surface area contributed by atoms with E-state index in [9.17, 15) is 0 Å². The zero-order chi connectivity index (χ0) is 17.1. The van der Waals surface area contributed by atoms with Crippen molar-refractivity contribution in [2.75, 3.05) is 42.9 Å². The number of rotatable bonds is 6. The maximum Gasteiger partial charge on any atom is 0.134 e. The quantitative estimate of drug-likeness (QED) is 0.856. The van der Waals surface area contributed by atoms with E-state index in [1.807, 2.05) is 12.1 Å². The molecule has 1 aliphatic carbocycles. The number of halogens is 1. The molecule has 3 heterocycles. The molecule has 0 spiro atoms. The first-order chi connectivity index (χ1) is 12.3. The van der Waals surface area contributed by atoms with Crippen molar-refractivity contribution in [3.8, 4) is 0 Å². The summed E-state index contributed by atoms with van der Waals surface area (Å²) in [7, 11) is 0. The van der Waals surface area contributed by atoms with Gasteiger partial charge in [-0.25, -0.2) is 9.97 Å². The highest BCUT2D eigenvalue weighted by Crippen LogP contribution is 2.29. The van der Waals surface area contributed by atoms with Crippen LogP contribution in [0.3, 0.4) is 0 Å². The Morgan fingerprint density at radius 3 is 2.64 bits per heavy atom. The van der Waals surface area contributed by atoms with Crippen LogP contribution in [0.2, 0.25) is 5.02 Å². The number of nitrogens with one attached hydrogen (secondary N) is 1. The third kappa shape index (κ3) is 4.58. The molecule has 2 aromatic heterocycles. The largest absolute Gasteiger partial charge is 0.370 e. The van der Waals surface area contributed by atoms with Gasteiger partial charge in [0, 0.05) is 51.5 Å². The van der Waals surface area contributed by atoms with Crippen molar-refractivity contribution in [3.63, 3.8) is 0 Å². The Morgan fingerprint density at radius 2 is 1.92 bits per heavy atom. The first-order valence-corrected chi connectivity index (χ1v) is 9.28. The van der Waals surface area contributed by atoms with Gasteiger partial charge in [0.1, 0.15) is 18.0 Å². The van der Waals surface area contributed by atoms with Gasteiger partial charge in [-0.05, 0) is 30.9 Å². The predicted molar refractivity (Wildman–Crippen MR) is 100.0 cm³/mol. The minimum absolute atomic E-state index is 0.684. The van der Waals surface area contributed by atoms with Crippen LogP contribution in [-0.4, -0.2) is 52.6 Å². The standard InChI is InChI=1S/C18H23ClN6/c19-15-3-4-16(20-11-15)12-24-5-7-25(8-6-24)18-9-17(22-13-23-18)21-10-14-1-2-14/h3-4,9,11,13-14H,1-2,5-8,10,12H2,(H,21,22,23). The summed E-state index contributed by atoms with van der Waals surface area (Å²) in [5.41, 5.74) is 1.06. The molecule has 132 valence electrons. The summed E-state index contributed by atoms with van der Waals surface area (Å²) in [5, 5.41) is 4.11. The third-order valence-corrected chi connectivity index (χ3v) is 5.02. The second-order valence-electron chi connectivity index (χ2n) is 6.82. The van der Waals surface area contributed by atoms with Crippen LogP contribution in [0.4, 0.5) is 11.6 Å². The summed E-state index contributed by atoms with van der Waals surface area (Å²) in [5.74, 6) is 2.78. The van der Waals surface area contributed by atoms with Gasteiger partial charge < -0.3 is 10.2 Å². The Bertz CT molecular complexity index is 695. The fraction of sp³-hybridized carbons (Fsp3) is 0.500. The van der Waals surface area contributed by atoms with E-state index in [-0.39, 0.29) is 0 Å². The summed E-state index contributed by atoms with van der Waals surface area (Å²) < 4.78 is 0. The lowest BCUT2D eigenvalue weighted by atomic mass is 10.2. The summed E-state index contributed by atoms with van der Waals surface area (Å²) in [6.07, 6.45) is 6.06. The minimum Gasteiger partial charge on any atom is -0.370 e. The Morgan fingerprint density at radius 1 is 1.08 bits per heavy atom. The fourth-order valence-corrected chi connectivity index (χ4v) is 3.16. The Hall–Kier alpha value is -1.92. The van der Waals surface area contributed by atoms with E-state index in [0.29, 0.717) is 5.02 Å². The molecule has 2 fully saturated rings. The molecule has 7 heteroatoms. The van der Waals surface area contributed by atoms with Crippen LogP contribution >= 0.6 is 11.6 Å². The third-order valence-electron chi connectivity index (χ3n) is 4.79. The lowest BCUT2D eigenvalue weighted by Crippen LogP contribution is -2.46. The smallest absolute Gasteiger partial charge is 0.134 e. The fourth-order valence-electron chi connectivity index (χ4n) is 3.05. The number of nitrogens with zero attached hydrogens (tertiary/aromatic N) is 5. The van der Waals surface area contributed by atoms with E-state index >= 15 is 0 Å². The van der Waals surface area contributed by atoms with Crippen LogP contribution in [0.15, 0.2) is 30.7 Å². The zero-order valence-electron chi connectivity index (χ0n) is 14.2. The van der Waals surface area contributed by atoms with Crippen molar-refractivity contribution in [1.29, 1.82) is 0 Å². The van der Waals surface area contributed by atoms with Gasteiger partial charge in [0.25, 0.3) is 0 Å². The molecule has 2 aromatic rings. The highest BCUT2D eigenvalue weighted by Gasteiger charge is 2.22. The van der Waals surface area contributed by atoms with Crippen molar-refractivity contribution in [1.82, 2.24) is 19.9 Å². The molecule has 1 saturated heterocycles. The monoisotopic (exact) mass is 358 g/mol. The molecule has 1 aliphatic heterocycles. The van der Waals surface area contributed by atoms with Gasteiger partial charge in [-0.15, -0.1) is 0 Å². The van der Waals surface area contributed by atoms with Gasteiger partial charge in [0.05, 0.1) is 10.7 Å². The highest BCUT2D eigenvalue weighted by atomic mass is 35.5. The van der Waals surface area contributed by atoms with Crippen LogP contribution in [0.5, 0.6) is 0 Å². The molecule has 0 bridgehead atoms. The predicted octanol–water partition coefficient (Wildman–Crippen LogP) is 2.67. The van der Waals surface area contributed by atoms with Gasteiger partial charge in [0.2, 0.25) is 0 Å². The van der Waals surface area contributed by atoms with Crippen LogP contribution in [0.1, 0.15) is 18.5 Å².